The number of rotatable bonds is 2. The zero-order chi connectivity index (χ0) is 11.5. The maximum absolute atomic E-state index is 11.3. The van der Waals surface area contributed by atoms with Crippen LogP contribution in [-0.2, 0) is 4.74 Å². The van der Waals surface area contributed by atoms with Crippen molar-refractivity contribution < 1.29 is 9.53 Å². The predicted molar refractivity (Wildman–Crippen MR) is 64.5 cm³/mol. The first-order valence-corrected chi connectivity index (χ1v) is 5.69. The highest BCUT2D eigenvalue weighted by molar-refractivity contribution is 6.33. The highest BCUT2D eigenvalue weighted by Gasteiger charge is 2.15. The van der Waals surface area contributed by atoms with E-state index in [0.717, 1.165) is 18.8 Å². The Balaban J connectivity index is 2.30. The van der Waals surface area contributed by atoms with Gasteiger partial charge in [0.15, 0.2) is 5.78 Å². The van der Waals surface area contributed by atoms with E-state index in [1.54, 1.807) is 19.1 Å². The molecule has 1 aliphatic heterocycles. The van der Waals surface area contributed by atoms with Gasteiger partial charge in [0.2, 0.25) is 0 Å². The molecule has 0 atom stereocenters. The summed E-state index contributed by atoms with van der Waals surface area (Å²) >= 11 is 6.14. The second-order valence-corrected chi connectivity index (χ2v) is 4.23. The molecule has 4 heteroatoms. The number of carbonyl (C=O) groups is 1. The van der Waals surface area contributed by atoms with Crippen LogP contribution in [0.2, 0.25) is 5.02 Å². The summed E-state index contributed by atoms with van der Waals surface area (Å²) in [6.07, 6.45) is 0. The number of halogens is 1. The predicted octanol–water partition coefficient (Wildman–Crippen LogP) is 2.38. The molecule has 1 aliphatic rings. The van der Waals surface area contributed by atoms with Gasteiger partial charge in [-0.25, -0.2) is 0 Å². The van der Waals surface area contributed by atoms with Gasteiger partial charge in [-0.1, -0.05) is 11.6 Å². The number of nitrogens with zero attached hydrogens (tertiary/aromatic N) is 1. The lowest BCUT2D eigenvalue weighted by molar-refractivity contribution is 0.101. The SMILES string of the molecule is CC(=O)c1ccc(Cl)c(N2CCOCC2)c1. The van der Waals surface area contributed by atoms with Crippen LogP contribution in [0.25, 0.3) is 0 Å². The van der Waals surface area contributed by atoms with Crippen molar-refractivity contribution in [3.8, 4) is 0 Å². The van der Waals surface area contributed by atoms with Gasteiger partial charge in [-0.15, -0.1) is 0 Å². The van der Waals surface area contributed by atoms with Gasteiger partial charge in [0.1, 0.15) is 0 Å². The molecular weight excluding hydrogens is 226 g/mol. The van der Waals surface area contributed by atoms with Crippen LogP contribution >= 0.6 is 11.6 Å². The molecule has 0 aliphatic carbocycles. The number of carbonyl (C=O) groups excluding carboxylic acids is 1. The van der Waals surface area contributed by atoms with Crippen molar-refractivity contribution in [3.63, 3.8) is 0 Å². The summed E-state index contributed by atoms with van der Waals surface area (Å²) in [5, 5.41) is 0.687. The van der Waals surface area contributed by atoms with Crippen molar-refractivity contribution in [1.82, 2.24) is 0 Å². The Bertz CT molecular complexity index is 400. The smallest absolute Gasteiger partial charge is 0.159 e. The number of Topliss-reactive ketones (excluding diaryl/α,β-unsaturated/α-hetero) is 1. The van der Waals surface area contributed by atoms with Gasteiger partial charge in [-0.2, -0.15) is 0 Å². The highest BCUT2D eigenvalue weighted by Crippen LogP contribution is 2.27. The standard InChI is InChI=1S/C12H14ClNO2/c1-9(15)10-2-3-11(13)12(8-10)14-4-6-16-7-5-14/h2-3,8H,4-7H2,1H3. The van der Waals surface area contributed by atoms with Crippen molar-refractivity contribution in [2.45, 2.75) is 6.92 Å². The van der Waals surface area contributed by atoms with E-state index < -0.39 is 0 Å². The van der Waals surface area contributed by atoms with Crippen molar-refractivity contribution in [1.29, 1.82) is 0 Å². The third-order valence-electron chi connectivity index (χ3n) is 2.70. The monoisotopic (exact) mass is 239 g/mol. The molecule has 16 heavy (non-hydrogen) atoms. The summed E-state index contributed by atoms with van der Waals surface area (Å²) in [4.78, 5) is 13.5. The normalized spacial score (nSPS) is 16.2. The molecule has 1 aromatic rings. The molecule has 1 fully saturated rings. The van der Waals surface area contributed by atoms with Gasteiger partial charge in [-0.3, -0.25) is 4.79 Å². The molecule has 0 spiro atoms. The van der Waals surface area contributed by atoms with E-state index in [9.17, 15) is 4.79 Å². The number of ketones is 1. The summed E-state index contributed by atoms with van der Waals surface area (Å²) in [7, 11) is 0. The minimum Gasteiger partial charge on any atom is -0.378 e. The molecule has 0 saturated carbocycles. The minimum atomic E-state index is 0.0613. The van der Waals surface area contributed by atoms with E-state index in [-0.39, 0.29) is 5.78 Å². The van der Waals surface area contributed by atoms with Gasteiger partial charge in [-0.05, 0) is 25.1 Å². The van der Waals surface area contributed by atoms with Crippen LogP contribution in [0.3, 0.4) is 0 Å². The lowest BCUT2D eigenvalue weighted by atomic mass is 10.1. The maximum Gasteiger partial charge on any atom is 0.159 e. The average Bonchev–Trinajstić information content (AvgIpc) is 2.30. The third kappa shape index (κ3) is 2.36. The molecule has 0 aromatic heterocycles. The van der Waals surface area contributed by atoms with E-state index in [1.165, 1.54) is 0 Å². The molecule has 0 radical (unpaired) electrons. The molecule has 0 amide bonds. The van der Waals surface area contributed by atoms with Crippen LogP contribution in [0, 0.1) is 0 Å². The van der Waals surface area contributed by atoms with Crippen molar-refractivity contribution >= 4 is 23.1 Å². The Hall–Kier alpha value is -1.06. The Morgan fingerprint density at radius 2 is 2.06 bits per heavy atom. The summed E-state index contributed by atoms with van der Waals surface area (Å²) in [5.41, 5.74) is 1.63. The number of morpholine rings is 1. The number of anilines is 1. The first-order chi connectivity index (χ1) is 7.68. The van der Waals surface area contributed by atoms with Crippen LogP contribution in [0.1, 0.15) is 17.3 Å². The summed E-state index contributed by atoms with van der Waals surface area (Å²) < 4.78 is 5.29. The van der Waals surface area contributed by atoms with E-state index in [1.807, 2.05) is 6.07 Å². The van der Waals surface area contributed by atoms with Crippen LogP contribution in [0.15, 0.2) is 18.2 Å². The van der Waals surface area contributed by atoms with Gasteiger partial charge < -0.3 is 9.64 Å². The molecule has 2 rings (SSSR count). The molecule has 1 heterocycles. The van der Waals surface area contributed by atoms with E-state index >= 15 is 0 Å². The van der Waals surface area contributed by atoms with Crippen molar-refractivity contribution in [2.75, 3.05) is 31.2 Å². The maximum atomic E-state index is 11.3. The number of ether oxygens (including phenoxy) is 1. The molecule has 1 saturated heterocycles. The molecule has 0 bridgehead atoms. The van der Waals surface area contributed by atoms with Gasteiger partial charge in [0.05, 0.1) is 23.9 Å². The second kappa shape index (κ2) is 4.85. The van der Waals surface area contributed by atoms with Crippen LogP contribution in [0.4, 0.5) is 5.69 Å². The second-order valence-electron chi connectivity index (χ2n) is 3.82. The minimum absolute atomic E-state index is 0.0613. The molecule has 0 unspecified atom stereocenters. The third-order valence-corrected chi connectivity index (χ3v) is 3.02. The fourth-order valence-corrected chi connectivity index (χ4v) is 2.02. The molecule has 3 nitrogen and oxygen atoms in total. The highest BCUT2D eigenvalue weighted by atomic mass is 35.5. The number of hydrogen-bond donors (Lipinski definition) is 0. The zero-order valence-corrected chi connectivity index (χ0v) is 9.96. The van der Waals surface area contributed by atoms with Crippen LogP contribution in [0.5, 0.6) is 0 Å². The molecule has 86 valence electrons. The lowest BCUT2D eigenvalue weighted by Crippen LogP contribution is -2.36. The first kappa shape index (κ1) is 11.4. The zero-order valence-electron chi connectivity index (χ0n) is 9.20. The number of hydrogen-bond acceptors (Lipinski definition) is 3. The van der Waals surface area contributed by atoms with E-state index in [0.29, 0.717) is 23.8 Å². The Morgan fingerprint density at radius 3 is 2.69 bits per heavy atom. The Kier molecular flexibility index (Phi) is 3.46. The van der Waals surface area contributed by atoms with E-state index in [4.69, 9.17) is 16.3 Å². The summed E-state index contributed by atoms with van der Waals surface area (Å²) in [5.74, 6) is 0.0613. The first-order valence-electron chi connectivity index (χ1n) is 5.31. The topological polar surface area (TPSA) is 29.5 Å². The fraction of sp³-hybridized carbons (Fsp3) is 0.417. The Labute approximate surface area is 100.0 Å². The Morgan fingerprint density at radius 1 is 1.38 bits per heavy atom. The van der Waals surface area contributed by atoms with Gasteiger partial charge in [0.25, 0.3) is 0 Å². The summed E-state index contributed by atoms with van der Waals surface area (Å²) in [6.45, 7) is 4.62. The lowest BCUT2D eigenvalue weighted by Gasteiger charge is -2.29. The molecule has 1 aromatic carbocycles. The fourth-order valence-electron chi connectivity index (χ4n) is 1.78. The quantitative estimate of drug-likeness (QED) is 0.743. The summed E-state index contributed by atoms with van der Waals surface area (Å²) in [6, 6.07) is 5.40. The van der Waals surface area contributed by atoms with Gasteiger partial charge in [0, 0.05) is 18.7 Å². The van der Waals surface area contributed by atoms with Crippen molar-refractivity contribution in [3.05, 3.63) is 28.8 Å². The largest absolute Gasteiger partial charge is 0.378 e. The molecule has 0 N–H and O–H groups in total. The molecular formula is C12H14ClNO2. The van der Waals surface area contributed by atoms with Crippen molar-refractivity contribution in [2.24, 2.45) is 0 Å². The van der Waals surface area contributed by atoms with Crippen LogP contribution < -0.4 is 4.90 Å². The van der Waals surface area contributed by atoms with E-state index in [2.05, 4.69) is 4.90 Å². The number of benzene rings is 1. The van der Waals surface area contributed by atoms with Gasteiger partial charge >= 0.3 is 0 Å². The van der Waals surface area contributed by atoms with Crippen LogP contribution in [-0.4, -0.2) is 32.1 Å². The average molecular weight is 240 g/mol.